The van der Waals surface area contributed by atoms with Gasteiger partial charge in [0.05, 0.1) is 22.8 Å². The topological polar surface area (TPSA) is 62.3 Å². The van der Waals surface area contributed by atoms with E-state index in [9.17, 15) is 9.59 Å². The van der Waals surface area contributed by atoms with Crippen molar-refractivity contribution >= 4 is 17.1 Å². The summed E-state index contributed by atoms with van der Waals surface area (Å²) in [5, 5.41) is 8.81. The summed E-state index contributed by atoms with van der Waals surface area (Å²) in [5.41, 5.74) is 2.66. The van der Waals surface area contributed by atoms with Gasteiger partial charge < -0.3 is 4.40 Å². The molecule has 1 aromatic carbocycles. The summed E-state index contributed by atoms with van der Waals surface area (Å²) < 4.78 is 1.72. The van der Waals surface area contributed by atoms with E-state index in [1.54, 1.807) is 40.9 Å². The summed E-state index contributed by atoms with van der Waals surface area (Å²) in [5.74, 6) is -0.263. The highest BCUT2D eigenvalue weighted by Gasteiger charge is 2.18. The van der Waals surface area contributed by atoms with E-state index in [0.29, 0.717) is 27.9 Å². The number of ketones is 2. The van der Waals surface area contributed by atoms with Gasteiger partial charge in [0.25, 0.3) is 0 Å². The van der Waals surface area contributed by atoms with Crippen molar-refractivity contribution in [3.63, 3.8) is 0 Å². The molecular formula is C18H12N2O2. The second kappa shape index (κ2) is 5.30. The van der Waals surface area contributed by atoms with Crippen molar-refractivity contribution in [3.8, 4) is 6.07 Å². The van der Waals surface area contributed by atoms with Crippen molar-refractivity contribution in [2.75, 3.05) is 0 Å². The second-order valence-electron chi connectivity index (χ2n) is 4.97. The lowest BCUT2D eigenvalue weighted by Crippen LogP contribution is -2.04. The Morgan fingerprint density at radius 3 is 2.45 bits per heavy atom. The number of hydrogen-bond donors (Lipinski definition) is 0. The van der Waals surface area contributed by atoms with Crippen LogP contribution in [0.1, 0.15) is 38.9 Å². The van der Waals surface area contributed by atoms with Gasteiger partial charge in [0.2, 0.25) is 5.78 Å². The van der Waals surface area contributed by atoms with Gasteiger partial charge in [-0.05, 0) is 49.4 Å². The van der Waals surface area contributed by atoms with Crippen LogP contribution in [0, 0.1) is 11.3 Å². The number of Topliss-reactive ketones (excluding diaryl/α,β-unsaturated/α-hetero) is 1. The lowest BCUT2D eigenvalue weighted by Gasteiger charge is -2.02. The number of nitriles is 1. The van der Waals surface area contributed by atoms with Crippen LogP contribution in [0.3, 0.4) is 0 Å². The Hall–Kier alpha value is -3.19. The van der Waals surface area contributed by atoms with E-state index in [1.807, 2.05) is 24.3 Å². The molecule has 0 radical (unpaired) electrons. The third-order valence-corrected chi connectivity index (χ3v) is 3.56. The average Bonchev–Trinajstić information content (AvgIpc) is 2.94. The Morgan fingerprint density at radius 2 is 1.82 bits per heavy atom. The Morgan fingerprint density at radius 1 is 1.09 bits per heavy atom. The van der Waals surface area contributed by atoms with Crippen LogP contribution in [-0.2, 0) is 0 Å². The van der Waals surface area contributed by atoms with Gasteiger partial charge >= 0.3 is 0 Å². The minimum atomic E-state index is -0.182. The van der Waals surface area contributed by atoms with Crippen molar-refractivity contribution < 1.29 is 9.59 Å². The molecule has 0 saturated heterocycles. The highest BCUT2D eigenvalue weighted by molar-refractivity contribution is 6.12. The van der Waals surface area contributed by atoms with Crippen molar-refractivity contribution in [3.05, 3.63) is 77.1 Å². The van der Waals surface area contributed by atoms with E-state index in [4.69, 9.17) is 5.26 Å². The fraction of sp³-hybridized carbons (Fsp3) is 0.0556. The average molecular weight is 288 g/mol. The first-order chi connectivity index (χ1) is 10.6. The summed E-state index contributed by atoms with van der Waals surface area (Å²) in [6.45, 7) is 1.48. The second-order valence-corrected chi connectivity index (χ2v) is 4.97. The monoisotopic (exact) mass is 288 g/mol. The molecule has 0 N–H and O–H groups in total. The lowest BCUT2D eigenvalue weighted by atomic mass is 10.1. The summed E-state index contributed by atoms with van der Waals surface area (Å²) in [7, 11) is 0. The van der Waals surface area contributed by atoms with Crippen molar-refractivity contribution in [1.82, 2.24) is 4.40 Å². The zero-order valence-corrected chi connectivity index (χ0v) is 11.9. The lowest BCUT2D eigenvalue weighted by molar-refractivity contribution is 0.101. The van der Waals surface area contributed by atoms with Gasteiger partial charge in [-0.3, -0.25) is 9.59 Å². The number of benzene rings is 1. The summed E-state index contributed by atoms with van der Waals surface area (Å²) >= 11 is 0. The van der Waals surface area contributed by atoms with Crippen molar-refractivity contribution in [1.29, 1.82) is 5.26 Å². The van der Waals surface area contributed by atoms with Crippen molar-refractivity contribution in [2.45, 2.75) is 6.92 Å². The van der Waals surface area contributed by atoms with Gasteiger partial charge in [-0.2, -0.15) is 5.26 Å². The molecular weight excluding hydrogens is 276 g/mol. The van der Waals surface area contributed by atoms with Gasteiger partial charge in [0.1, 0.15) is 0 Å². The normalized spacial score (nSPS) is 10.4. The molecule has 0 aliphatic carbocycles. The molecule has 0 unspecified atom stereocenters. The molecule has 3 aromatic rings. The molecule has 3 rings (SSSR count). The van der Waals surface area contributed by atoms with Gasteiger partial charge in [-0.25, -0.2) is 0 Å². The number of nitrogens with zero attached hydrogens (tertiary/aromatic N) is 2. The molecule has 22 heavy (non-hydrogen) atoms. The third-order valence-electron chi connectivity index (χ3n) is 3.56. The summed E-state index contributed by atoms with van der Waals surface area (Å²) in [6.07, 6.45) is 1.76. The first-order valence-electron chi connectivity index (χ1n) is 6.77. The van der Waals surface area contributed by atoms with Gasteiger partial charge in [-0.1, -0.05) is 6.07 Å². The maximum atomic E-state index is 12.7. The number of carbonyl (C=O) groups excluding carboxylic acids is 2. The Kier molecular flexibility index (Phi) is 3.32. The predicted molar refractivity (Wildman–Crippen MR) is 82.0 cm³/mol. The number of fused-ring (bicyclic) bond motifs is 1. The zero-order valence-electron chi connectivity index (χ0n) is 11.9. The van der Waals surface area contributed by atoms with E-state index in [1.165, 1.54) is 6.92 Å². The van der Waals surface area contributed by atoms with E-state index in [-0.39, 0.29) is 11.6 Å². The van der Waals surface area contributed by atoms with Crippen LogP contribution in [0.4, 0.5) is 0 Å². The molecule has 0 amide bonds. The maximum Gasteiger partial charge on any atom is 0.209 e. The van der Waals surface area contributed by atoms with Crippen LogP contribution in [0.25, 0.3) is 5.52 Å². The SMILES string of the molecule is CC(=O)c1cc(C(=O)c2ccc(C#N)cc2)n2ccccc12. The number of pyridine rings is 1. The molecule has 0 fully saturated rings. The Bertz CT molecular complexity index is 928. The minimum absolute atomic E-state index is 0.0809. The maximum absolute atomic E-state index is 12.7. The number of hydrogen-bond acceptors (Lipinski definition) is 3. The molecule has 2 aromatic heterocycles. The molecule has 106 valence electrons. The molecule has 4 nitrogen and oxygen atoms in total. The largest absolute Gasteiger partial charge is 0.313 e. The summed E-state index contributed by atoms with van der Waals surface area (Å²) in [6, 6.07) is 15.6. The van der Waals surface area contributed by atoms with Crippen LogP contribution in [0.5, 0.6) is 0 Å². The standard InChI is InChI=1S/C18H12N2O2/c1-12(21)15-10-17(20-9-3-2-4-16(15)20)18(22)14-7-5-13(11-19)6-8-14/h2-10H,1H3. The van der Waals surface area contributed by atoms with Crippen LogP contribution in [0.2, 0.25) is 0 Å². The van der Waals surface area contributed by atoms with Crippen LogP contribution in [-0.4, -0.2) is 16.0 Å². The fourth-order valence-electron chi connectivity index (χ4n) is 2.45. The van der Waals surface area contributed by atoms with Crippen LogP contribution in [0.15, 0.2) is 54.7 Å². The zero-order chi connectivity index (χ0) is 15.7. The molecule has 0 bridgehead atoms. The number of carbonyl (C=O) groups is 2. The highest BCUT2D eigenvalue weighted by atomic mass is 16.1. The summed E-state index contributed by atoms with van der Waals surface area (Å²) in [4.78, 5) is 24.4. The predicted octanol–water partition coefficient (Wildman–Crippen LogP) is 3.24. The first kappa shape index (κ1) is 13.8. The van der Waals surface area contributed by atoms with Gasteiger partial charge in [-0.15, -0.1) is 0 Å². The molecule has 0 aliphatic rings. The molecule has 0 aliphatic heterocycles. The van der Waals surface area contributed by atoms with Crippen LogP contribution < -0.4 is 0 Å². The molecule has 0 spiro atoms. The quantitative estimate of drug-likeness (QED) is 0.695. The smallest absolute Gasteiger partial charge is 0.209 e. The van der Waals surface area contributed by atoms with Gasteiger partial charge in [0, 0.05) is 17.3 Å². The highest BCUT2D eigenvalue weighted by Crippen LogP contribution is 2.20. The van der Waals surface area contributed by atoms with E-state index < -0.39 is 0 Å². The Balaban J connectivity index is 2.15. The van der Waals surface area contributed by atoms with Crippen molar-refractivity contribution in [2.24, 2.45) is 0 Å². The number of rotatable bonds is 3. The van der Waals surface area contributed by atoms with E-state index >= 15 is 0 Å². The van der Waals surface area contributed by atoms with E-state index in [2.05, 4.69) is 0 Å². The fourth-order valence-corrected chi connectivity index (χ4v) is 2.45. The molecule has 4 heteroatoms. The van der Waals surface area contributed by atoms with Crippen LogP contribution >= 0.6 is 0 Å². The molecule has 2 heterocycles. The first-order valence-corrected chi connectivity index (χ1v) is 6.77. The third kappa shape index (κ3) is 2.19. The minimum Gasteiger partial charge on any atom is -0.313 e. The number of aromatic nitrogens is 1. The molecule has 0 saturated carbocycles. The molecule has 0 atom stereocenters. The van der Waals surface area contributed by atoms with Gasteiger partial charge in [0.15, 0.2) is 5.78 Å². The Labute approximate surface area is 127 Å². The van der Waals surface area contributed by atoms with E-state index in [0.717, 1.165) is 0 Å².